The predicted molar refractivity (Wildman–Crippen MR) is 71.5 cm³/mol. The van der Waals surface area contributed by atoms with Crippen LogP contribution in [0.2, 0.25) is 0 Å². The molecule has 106 valence electrons. The summed E-state index contributed by atoms with van der Waals surface area (Å²) >= 11 is 0. The van der Waals surface area contributed by atoms with Crippen molar-refractivity contribution in [1.29, 1.82) is 0 Å². The minimum absolute atomic E-state index is 0.0751. The molecule has 0 aliphatic heterocycles. The van der Waals surface area contributed by atoms with Crippen LogP contribution in [0.15, 0.2) is 12.1 Å². The Morgan fingerprint density at radius 2 is 2.00 bits per heavy atom. The molecule has 1 aromatic carbocycles. The number of ether oxygens (including phenoxy) is 1. The highest BCUT2D eigenvalue weighted by Crippen LogP contribution is 2.32. The topological polar surface area (TPSA) is 35.5 Å². The molecule has 0 amide bonds. The molecular formula is C13H17F2O3P. The van der Waals surface area contributed by atoms with Crippen molar-refractivity contribution in [2.45, 2.75) is 33.1 Å². The van der Waals surface area contributed by atoms with Crippen molar-refractivity contribution in [2.75, 3.05) is 6.61 Å². The highest BCUT2D eigenvalue weighted by Gasteiger charge is 2.41. The second-order valence-corrected chi connectivity index (χ2v) is 4.53. The third-order valence-corrected chi connectivity index (χ3v) is 2.84. The molecule has 1 rings (SSSR count). The van der Waals surface area contributed by atoms with Crippen molar-refractivity contribution in [3.8, 4) is 5.75 Å². The number of alkyl halides is 2. The Balaban J connectivity index is 3.07. The molecule has 0 bridgehead atoms. The van der Waals surface area contributed by atoms with E-state index in [2.05, 4.69) is 4.74 Å². The fraction of sp³-hybridized carbons (Fsp3) is 0.462. The van der Waals surface area contributed by atoms with Gasteiger partial charge in [0, 0.05) is 5.56 Å². The highest BCUT2D eigenvalue weighted by molar-refractivity contribution is 7.10. The van der Waals surface area contributed by atoms with Crippen LogP contribution in [0.4, 0.5) is 8.78 Å². The fourth-order valence-corrected chi connectivity index (χ4v) is 2.23. The standard InChI is InChI=1S/C13H17F2O3P/c1-4-17-12(16)13(14,15)7-10-6-8(2)5-9(3)11(10)18-19/h5-6H,4,7,19H2,1-3H3. The minimum Gasteiger partial charge on any atom is -0.480 e. The van der Waals surface area contributed by atoms with E-state index in [1.54, 1.807) is 19.9 Å². The molecule has 0 radical (unpaired) electrons. The quantitative estimate of drug-likeness (QED) is 0.617. The summed E-state index contributed by atoms with van der Waals surface area (Å²) in [5, 5.41) is 0. The smallest absolute Gasteiger partial charge is 0.377 e. The Morgan fingerprint density at radius 1 is 1.37 bits per heavy atom. The normalized spacial score (nSPS) is 11.3. The second kappa shape index (κ2) is 6.29. The Morgan fingerprint density at radius 3 is 2.53 bits per heavy atom. The molecule has 0 aliphatic carbocycles. The summed E-state index contributed by atoms with van der Waals surface area (Å²) in [7, 11) is 2.03. The molecule has 6 heteroatoms. The van der Waals surface area contributed by atoms with Gasteiger partial charge in [-0.25, -0.2) is 4.79 Å². The van der Waals surface area contributed by atoms with Gasteiger partial charge in [0.1, 0.15) is 5.75 Å². The Labute approximate surface area is 113 Å². The van der Waals surface area contributed by atoms with E-state index in [-0.39, 0.29) is 12.2 Å². The van der Waals surface area contributed by atoms with Gasteiger partial charge >= 0.3 is 11.9 Å². The van der Waals surface area contributed by atoms with E-state index in [1.165, 1.54) is 6.92 Å². The molecule has 1 unspecified atom stereocenters. The zero-order chi connectivity index (χ0) is 14.6. The van der Waals surface area contributed by atoms with Crippen LogP contribution in [-0.4, -0.2) is 18.5 Å². The molecule has 3 nitrogen and oxygen atoms in total. The number of esters is 1. The lowest BCUT2D eigenvalue weighted by atomic mass is 10.0. The van der Waals surface area contributed by atoms with Gasteiger partial charge in [-0.05, 0) is 26.3 Å². The van der Waals surface area contributed by atoms with Crippen molar-refractivity contribution in [3.63, 3.8) is 0 Å². The highest BCUT2D eigenvalue weighted by atomic mass is 31.0. The lowest BCUT2D eigenvalue weighted by molar-refractivity contribution is -0.171. The van der Waals surface area contributed by atoms with Crippen molar-refractivity contribution in [1.82, 2.24) is 0 Å². The molecule has 0 fully saturated rings. The van der Waals surface area contributed by atoms with Gasteiger partial charge in [0.25, 0.3) is 0 Å². The summed E-state index contributed by atoms with van der Waals surface area (Å²) in [5.41, 5.74) is 1.85. The monoisotopic (exact) mass is 290 g/mol. The molecule has 19 heavy (non-hydrogen) atoms. The van der Waals surface area contributed by atoms with Crippen LogP contribution in [0, 0.1) is 13.8 Å². The number of aryl methyl sites for hydroxylation is 2. The third-order valence-electron chi connectivity index (χ3n) is 2.60. The zero-order valence-corrected chi connectivity index (χ0v) is 12.3. The van der Waals surface area contributed by atoms with Gasteiger partial charge in [-0.2, -0.15) is 8.78 Å². The van der Waals surface area contributed by atoms with Crippen LogP contribution < -0.4 is 4.52 Å². The second-order valence-electron chi connectivity index (χ2n) is 4.29. The zero-order valence-electron chi connectivity index (χ0n) is 11.1. The number of rotatable bonds is 5. The predicted octanol–water partition coefficient (Wildman–Crippen LogP) is 3.21. The first-order valence-corrected chi connectivity index (χ1v) is 6.31. The maximum atomic E-state index is 13.7. The first-order valence-electron chi connectivity index (χ1n) is 5.83. The van der Waals surface area contributed by atoms with E-state index in [1.807, 2.05) is 15.5 Å². The molecule has 0 saturated heterocycles. The molecule has 1 aromatic rings. The average Bonchev–Trinajstić information content (AvgIpc) is 2.28. The van der Waals surface area contributed by atoms with Gasteiger partial charge in [-0.15, -0.1) is 0 Å². The van der Waals surface area contributed by atoms with E-state index in [0.29, 0.717) is 5.75 Å². The maximum Gasteiger partial charge on any atom is 0.377 e. The van der Waals surface area contributed by atoms with Gasteiger partial charge in [-0.1, -0.05) is 17.7 Å². The van der Waals surface area contributed by atoms with Crippen LogP contribution in [0.25, 0.3) is 0 Å². The average molecular weight is 290 g/mol. The molecule has 0 heterocycles. The number of carbonyl (C=O) groups is 1. The summed E-state index contributed by atoms with van der Waals surface area (Å²) in [4.78, 5) is 11.2. The van der Waals surface area contributed by atoms with Crippen molar-refractivity contribution < 1.29 is 22.8 Å². The van der Waals surface area contributed by atoms with E-state index < -0.39 is 18.3 Å². The van der Waals surface area contributed by atoms with Gasteiger partial charge in [0.05, 0.1) is 22.5 Å². The minimum atomic E-state index is -3.56. The number of halogens is 2. The number of carbonyl (C=O) groups excluding carboxylic acids is 1. The molecule has 0 aliphatic rings. The van der Waals surface area contributed by atoms with Crippen molar-refractivity contribution in [2.24, 2.45) is 0 Å². The van der Waals surface area contributed by atoms with E-state index in [0.717, 1.165) is 11.1 Å². The van der Waals surface area contributed by atoms with Crippen molar-refractivity contribution in [3.05, 3.63) is 28.8 Å². The van der Waals surface area contributed by atoms with Crippen LogP contribution in [0.3, 0.4) is 0 Å². The van der Waals surface area contributed by atoms with Crippen LogP contribution >= 0.6 is 9.47 Å². The summed E-state index contributed by atoms with van der Waals surface area (Å²) in [6, 6.07) is 3.41. The Kier molecular flexibility index (Phi) is 5.24. The molecule has 0 spiro atoms. The maximum absolute atomic E-state index is 13.7. The lowest BCUT2D eigenvalue weighted by Crippen LogP contribution is -2.33. The molecular weight excluding hydrogens is 273 g/mol. The Bertz CT molecular complexity index is 475. The fourth-order valence-electron chi connectivity index (χ4n) is 1.89. The molecule has 0 saturated carbocycles. The van der Waals surface area contributed by atoms with E-state index >= 15 is 0 Å². The van der Waals surface area contributed by atoms with Gasteiger partial charge < -0.3 is 9.26 Å². The number of benzene rings is 1. The third kappa shape index (κ3) is 3.87. The molecule has 0 aromatic heterocycles. The van der Waals surface area contributed by atoms with Crippen LogP contribution in [0.5, 0.6) is 5.75 Å². The number of hydrogen-bond donors (Lipinski definition) is 0. The van der Waals surface area contributed by atoms with Crippen LogP contribution in [0.1, 0.15) is 23.6 Å². The van der Waals surface area contributed by atoms with Crippen LogP contribution in [-0.2, 0) is 16.0 Å². The molecule has 0 N–H and O–H groups in total. The van der Waals surface area contributed by atoms with E-state index in [9.17, 15) is 13.6 Å². The summed E-state index contributed by atoms with van der Waals surface area (Å²) < 4.78 is 36.9. The molecule has 1 atom stereocenters. The Hall–Kier alpha value is -1.22. The summed E-state index contributed by atoms with van der Waals surface area (Å²) in [5.74, 6) is -4.72. The van der Waals surface area contributed by atoms with Gasteiger partial charge in [0.2, 0.25) is 0 Å². The largest absolute Gasteiger partial charge is 0.480 e. The summed E-state index contributed by atoms with van der Waals surface area (Å²) in [6.07, 6.45) is -0.738. The number of hydrogen-bond acceptors (Lipinski definition) is 3. The first kappa shape index (κ1) is 15.8. The van der Waals surface area contributed by atoms with Gasteiger partial charge in [0.15, 0.2) is 0 Å². The van der Waals surface area contributed by atoms with Crippen molar-refractivity contribution >= 4 is 15.4 Å². The lowest BCUT2D eigenvalue weighted by Gasteiger charge is -2.18. The van der Waals surface area contributed by atoms with E-state index in [4.69, 9.17) is 4.52 Å². The summed E-state index contributed by atoms with van der Waals surface area (Å²) in [6.45, 7) is 4.97. The van der Waals surface area contributed by atoms with Gasteiger partial charge in [-0.3, -0.25) is 0 Å². The SMILES string of the molecule is CCOC(=O)C(F)(F)Cc1cc(C)cc(C)c1OP. The first-order chi connectivity index (χ1) is 8.81.